The van der Waals surface area contributed by atoms with Gasteiger partial charge in [0.15, 0.2) is 0 Å². The van der Waals surface area contributed by atoms with Crippen LogP contribution in [0.1, 0.15) is 5.76 Å². The van der Waals surface area contributed by atoms with Gasteiger partial charge in [-0.1, -0.05) is 0 Å². The summed E-state index contributed by atoms with van der Waals surface area (Å²) in [4.78, 5) is 4.63. The minimum atomic E-state index is 0.298. The highest BCUT2D eigenvalue weighted by molar-refractivity contribution is 5.55. The van der Waals surface area contributed by atoms with Gasteiger partial charge >= 0.3 is 0 Å². The Labute approximate surface area is 80.7 Å². The van der Waals surface area contributed by atoms with Crippen LogP contribution in [0.25, 0.3) is 0 Å². The molecule has 0 amide bonds. The fourth-order valence-electron chi connectivity index (χ4n) is 1.14. The normalized spacial score (nSPS) is 10.4. The molecule has 0 fully saturated rings. The molecule has 0 radical (unpaired) electrons. The van der Waals surface area contributed by atoms with Gasteiger partial charge < -0.3 is 15.1 Å². The molecule has 0 unspecified atom stereocenters. The third kappa shape index (κ3) is 1.41. The maximum Gasteiger partial charge on any atom is 0.230 e. The third-order valence-electron chi connectivity index (χ3n) is 1.91. The van der Waals surface area contributed by atoms with E-state index in [-0.39, 0.29) is 0 Å². The molecule has 6 nitrogen and oxygen atoms in total. The summed E-state index contributed by atoms with van der Waals surface area (Å²) in [6.45, 7) is 1.88. The fourth-order valence-corrected chi connectivity index (χ4v) is 1.14. The summed E-state index contributed by atoms with van der Waals surface area (Å²) in [7, 11) is 1.85. The quantitative estimate of drug-likeness (QED) is 0.744. The first-order chi connectivity index (χ1) is 6.66. The van der Waals surface area contributed by atoms with Crippen LogP contribution in [0.4, 0.5) is 17.6 Å². The average molecular weight is 193 g/mol. The maximum absolute atomic E-state index is 5.42. The smallest absolute Gasteiger partial charge is 0.230 e. The first-order valence-electron chi connectivity index (χ1n) is 4.14. The third-order valence-corrected chi connectivity index (χ3v) is 1.91. The first kappa shape index (κ1) is 8.61. The molecule has 3 N–H and O–H groups in total. The fraction of sp³-hybridized carbons (Fsp3) is 0.250. The number of H-pyrrole nitrogens is 1. The first-order valence-corrected chi connectivity index (χ1v) is 4.14. The van der Waals surface area contributed by atoms with Crippen molar-refractivity contribution in [2.45, 2.75) is 6.92 Å². The molecule has 2 aromatic heterocycles. The van der Waals surface area contributed by atoms with Gasteiger partial charge in [0.1, 0.15) is 12.0 Å². The zero-order valence-electron chi connectivity index (χ0n) is 7.98. The Balaban J connectivity index is 2.28. The van der Waals surface area contributed by atoms with E-state index in [1.165, 1.54) is 0 Å². The van der Waals surface area contributed by atoms with E-state index in [2.05, 4.69) is 15.2 Å². The highest BCUT2D eigenvalue weighted by Gasteiger charge is 2.09. The molecule has 0 aliphatic heterocycles. The van der Waals surface area contributed by atoms with Crippen LogP contribution < -0.4 is 10.6 Å². The number of nitrogens with one attached hydrogen (secondary N) is 1. The number of hydrogen-bond acceptors (Lipinski definition) is 5. The molecule has 0 aromatic carbocycles. The summed E-state index contributed by atoms with van der Waals surface area (Å²) < 4.78 is 5.18. The van der Waals surface area contributed by atoms with Crippen LogP contribution in [0.15, 0.2) is 16.7 Å². The van der Waals surface area contributed by atoms with E-state index in [1.807, 2.05) is 20.0 Å². The minimum absolute atomic E-state index is 0.298. The van der Waals surface area contributed by atoms with Crippen LogP contribution in [-0.2, 0) is 0 Å². The van der Waals surface area contributed by atoms with Crippen molar-refractivity contribution in [1.29, 1.82) is 0 Å². The lowest BCUT2D eigenvalue weighted by molar-refractivity contribution is 0.534. The monoisotopic (exact) mass is 193 g/mol. The Kier molecular flexibility index (Phi) is 1.88. The van der Waals surface area contributed by atoms with E-state index in [0.29, 0.717) is 11.9 Å². The van der Waals surface area contributed by atoms with Crippen molar-refractivity contribution in [2.24, 2.45) is 0 Å². The number of furan rings is 1. The summed E-state index contributed by atoms with van der Waals surface area (Å²) in [6, 6.07) is 1.90. The molecule has 14 heavy (non-hydrogen) atoms. The van der Waals surface area contributed by atoms with E-state index in [1.54, 1.807) is 11.2 Å². The van der Waals surface area contributed by atoms with Gasteiger partial charge in [-0.2, -0.15) is 0 Å². The number of nitrogens with zero attached hydrogens (tertiary/aromatic N) is 3. The zero-order chi connectivity index (χ0) is 10.1. The molecular formula is C8H11N5O. The molecule has 0 saturated heterocycles. The Morgan fingerprint density at radius 3 is 2.79 bits per heavy atom. The Morgan fingerprint density at radius 2 is 2.29 bits per heavy atom. The average Bonchev–Trinajstić information content (AvgIpc) is 2.73. The van der Waals surface area contributed by atoms with E-state index in [9.17, 15) is 0 Å². The molecule has 6 heteroatoms. The van der Waals surface area contributed by atoms with Gasteiger partial charge in [0.25, 0.3) is 0 Å². The van der Waals surface area contributed by atoms with Crippen LogP contribution >= 0.6 is 0 Å². The van der Waals surface area contributed by atoms with Crippen molar-refractivity contribution >= 4 is 17.6 Å². The Hall–Kier alpha value is -1.98. The lowest BCUT2D eigenvalue weighted by Gasteiger charge is -2.11. The molecule has 2 aromatic rings. The van der Waals surface area contributed by atoms with Crippen molar-refractivity contribution < 1.29 is 4.42 Å². The molecule has 0 bridgehead atoms. The standard InChI is InChI=1S/C8H11N5O/c1-5-3-6(4-14-5)13(2)8-10-7(9)11-12-8/h3-4H,1-2H3,(H3,9,10,11,12). The summed E-state index contributed by atoms with van der Waals surface area (Å²) in [5, 5.41) is 7.52. The van der Waals surface area contributed by atoms with Gasteiger partial charge in [0.05, 0.1) is 5.69 Å². The second-order valence-electron chi connectivity index (χ2n) is 3.01. The van der Waals surface area contributed by atoms with Crippen LogP contribution in [-0.4, -0.2) is 22.2 Å². The van der Waals surface area contributed by atoms with Crippen molar-refractivity contribution in [2.75, 3.05) is 17.7 Å². The summed E-state index contributed by atoms with van der Waals surface area (Å²) in [5.74, 6) is 1.73. The number of rotatable bonds is 2. The Bertz CT molecular complexity index is 392. The number of nitrogens with two attached hydrogens (primary N) is 1. The number of aromatic amines is 1. The highest BCUT2D eigenvalue weighted by Crippen LogP contribution is 2.22. The summed E-state index contributed by atoms with van der Waals surface area (Å²) in [6.07, 6.45) is 1.65. The van der Waals surface area contributed by atoms with Crippen molar-refractivity contribution in [3.8, 4) is 0 Å². The predicted molar refractivity (Wildman–Crippen MR) is 52.3 cm³/mol. The molecular weight excluding hydrogens is 182 g/mol. The van der Waals surface area contributed by atoms with Crippen LogP contribution in [0, 0.1) is 6.92 Å². The van der Waals surface area contributed by atoms with Gasteiger partial charge in [0, 0.05) is 13.1 Å². The number of hydrogen-bond donors (Lipinski definition) is 2. The second-order valence-corrected chi connectivity index (χ2v) is 3.01. The molecule has 74 valence electrons. The van der Waals surface area contributed by atoms with Gasteiger partial charge in [-0.3, -0.25) is 4.98 Å². The molecule has 2 rings (SSSR count). The number of aromatic nitrogens is 3. The van der Waals surface area contributed by atoms with Gasteiger partial charge in [0.2, 0.25) is 11.9 Å². The maximum atomic E-state index is 5.42. The highest BCUT2D eigenvalue weighted by atomic mass is 16.3. The molecule has 0 atom stereocenters. The van der Waals surface area contributed by atoms with Gasteiger partial charge in [-0.15, -0.1) is 10.2 Å². The summed E-state index contributed by atoms with van der Waals surface area (Å²) in [5.41, 5.74) is 6.32. The number of aryl methyl sites for hydroxylation is 1. The van der Waals surface area contributed by atoms with Crippen molar-refractivity contribution in [1.82, 2.24) is 15.2 Å². The predicted octanol–water partition coefficient (Wildman–Crippen LogP) is 1.06. The lowest BCUT2D eigenvalue weighted by Crippen LogP contribution is -2.10. The van der Waals surface area contributed by atoms with Crippen LogP contribution in [0.5, 0.6) is 0 Å². The van der Waals surface area contributed by atoms with Crippen LogP contribution in [0.2, 0.25) is 0 Å². The van der Waals surface area contributed by atoms with Gasteiger partial charge in [-0.05, 0) is 6.92 Å². The van der Waals surface area contributed by atoms with E-state index in [4.69, 9.17) is 10.2 Å². The molecule has 2 heterocycles. The SMILES string of the molecule is Cc1cc(N(C)c2nnc(N)[nH]2)co1. The molecule has 0 saturated carbocycles. The zero-order valence-corrected chi connectivity index (χ0v) is 7.98. The van der Waals surface area contributed by atoms with Gasteiger partial charge in [-0.25, -0.2) is 0 Å². The largest absolute Gasteiger partial charge is 0.467 e. The van der Waals surface area contributed by atoms with E-state index in [0.717, 1.165) is 11.4 Å². The topological polar surface area (TPSA) is 84.0 Å². The molecule has 0 spiro atoms. The molecule has 0 aliphatic rings. The van der Waals surface area contributed by atoms with Crippen LogP contribution in [0.3, 0.4) is 0 Å². The number of anilines is 3. The Morgan fingerprint density at radius 1 is 1.50 bits per heavy atom. The van der Waals surface area contributed by atoms with E-state index < -0.39 is 0 Å². The van der Waals surface area contributed by atoms with Crippen molar-refractivity contribution in [3.63, 3.8) is 0 Å². The second kappa shape index (κ2) is 3.06. The molecule has 0 aliphatic carbocycles. The lowest BCUT2D eigenvalue weighted by atomic mass is 10.4. The summed E-state index contributed by atoms with van der Waals surface area (Å²) >= 11 is 0. The van der Waals surface area contributed by atoms with E-state index >= 15 is 0 Å². The van der Waals surface area contributed by atoms with Crippen molar-refractivity contribution in [3.05, 3.63) is 18.1 Å². The number of nitrogen functional groups attached to an aromatic ring is 1. The minimum Gasteiger partial charge on any atom is -0.467 e.